The fraction of sp³-hybridized carbons (Fsp3) is 0.625. The van der Waals surface area contributed by atoms with Crippen molar-refractivity contribution in [3.63, 3.8) is 0 Å². The van der Waals surface area contributed by atoms with Crippen molar-refractivity contribution in [2.75, 3.05) is 19.1 Å². The van der Waals surface area contributed by atoms with Crippen molar-refractivity contribution in [2.24, 2.45) is 11.3 Å². The predicted molar refractivity (Wildman–Crippen MR) is 76.8 cm³/mol. The molecule has 1 aliphatic heterocycles. The summed E-state index contributed by atoms with van der Waals surface area (Å²) in [7, 11) is 0. The third-order valence-electron chi connectivity index (χ3n) is 4.43. The lowest BCUT2D eigenvalue weighted by molar-refractivity contribution is 0.0307. The Morgan fingerprint density at radius 3 is 2.74 bits per heavy atom. The Balaban J connectivity index is 1.57. The Morgan fingerprint density at radius 2 is 2.05 bits per heavy atom. The second kappa shape index (κ2) is 5.72. The van der Waals surface area contributed by atoms with Crippen LogP contribution in [0.3, 0.4) is 0 Å². The number of benzene rings is 1. The summed E-state index contributed by atoms with van der Waals surface area (Å²) < 4.78 is 11.8. The highest BCUT2D eigenvalue weighted by molar-refractivity contribution is 6.18. The molecule has 3 heteroatoms. The molecule has 2 aliphatic rings. The maximum Gasteiger partial charge on any atom is 0.119 e. The van der Waals surface area contributed by atoms with Crippen LogP contribution in [0.4, 0.5) is 0 Å². The van der Waals surface area contributed by atoms with Crippen LogP contribution in [-0.4, -0.2) is 25.2 Å². The lowest BCUT2D eigenvalue weighted by atomic mass is 9.78. The largest absolute Gasteiger partial charge is 0.494 e. The zero-order valence-corrected chi connectivity index (χ0v) is 11.9. The molecule has 19 heavy (non-hydrogen) atoms. The number of rotatable bonds is 6. The molecule has 1 saturated heterocycles. The van der Waals surface area contributed by atoms with E-state index in [1.54, 1.807) is 0 Å². The average Bonchev–Trinajstić information content (AvgIpc) is 3.21. The molecule has 0 radical (unpaired) electrons. The number of hydrogen-bond donors (Lipinski definition) is 0. The fourth-order valence-electron chi connectivity index (χ4n) is 3.11. The van der Waals surface area contributed by atoms with Gasteiger partial charge < -0.3 is 9.47 Å². The van der Waals surface area contributed by atoms with Crippen molar-refractivity contribution in [3.05, 3.63) is 30.3 Å². The Bertz CT molecular complexity index is 404. The van der Waals surface area contributed by atoms with Crippen LogP contribution in [-0.2, 0) is 4.74 Å². The minimum atomic E-state index is 0.136. The van der Waals surface area contributed by atoms with Crippen molar-refractivity contribution in [1.82, 2.24) is 0 Å². The minimum absolute atomic E-state index is 0.136. The summed E-state index contributed by atoms with van der Waals surface area (Å²) in [5.74, 6) is 2.37. The zero-order valence-electron chi connectivity index (χ0n) is 11.2. The van der Waals surface area contributed by atoms with E-state index in [9.17, 15) is 0 Å². The summed E-state index contributed by atoms with van der Waals surface area (Å²) in [6.45, 7) is 1.59. The van der Waals surface area contributed by atoms with Crippen molar-refractivity contribution in [1.29, 1.82) is 0 Å². The van der Waals surface area contributed by atoms with Gasteiger partial charge in [-0.2, -0.15) is 0 Å². The Kier molecular flexibility index (Phi) is 3.99. The molecule has 2 fully saturated rings. The molecule has 2 unspecified atom stereocenters. The van der Waals surface area contributed by atoms with E-state index < -0.39 is 0 Å². The van der Waals surface area contributed by atoms with Gasteiger partial charge in [-0.05, 0) is 43.7 Å². The summed E-state index contributed by atoms with van der Waals surface area (Å²) in [6.07, 6.45) is 5.05. The second-order valence-electron chi connectivity index (χ2n) is 5.79. The van der Waals surface area contributed by atoms with E-state index in [1.165, 1.54) is 12.8 Å². The van der Waals surface area contributed by atoms with Gasteiger partial charge in [0.2, 0.25) is 0 Å². The topological polar surface area (TPSA) is 18.5 Å². The SMILES string of the molecule is ClCC1(CCOc2ccccc2)CCOC1C1CC1. The minimum Gasteiger partial charge on any atom is -0.494 e. The van der Waals surface area contributed by atoms with E-state index in [4.69, 9.17) is 21.1 Å². The summed E-state index contributed by atoms with van der Waals surface area (Å²) in [5.41, 5.74) is 0.136. The van der Waals surface area contributed by atoms with Crippen LogP contribution in [0.25, 0.3) is 0 Å². The molecule has 2 nitrogen and oxygen atoms in total. The summed E-state index contributed by atoms with van der Waals surface area (Å²) >= 11 is 6.28. The lowest BCUT2D eigenvalue weighted by Crippen LogP contribution is -2.36. The quantitative estimate of drug-likeness (QED) is 0.736. The van der Waals surface area contributed by atoms with E-state index >= 15 is 0 Å². The van der Waals surface area contributed by atoms with E-state index in [0.717, 1.165) is 37.7 Å². The monoisotopic (exact) mass is 280 g/mol. The molecule has 104 valence electrons. The van der Waals surface area contributed by atoms with Crippen LogP contribution in [0.15, 0.2) is 30.3 Å². The standard InChI is InChI=1S/C16H21ClO2/c17-12-16(9-11-19-15(16)13-6-7-13)8-10-18-14-4-2-1-3-5-14/h1-5,13,15H,6-12H2. The molecule has 1 saturated carbocycles. The van der Waals surface area contributed by atoms with Crippen LogP contribution in [0, 0.1) is 11.3 Å². The van der Waals surface area contributed by atoms with Gasteiger partial charge in [0, 0.05) is 17.9 Å². The first-order valence-corrected chi connectivity index (χ1v) is 7.73. The van der Waals surface area contributed by atoms with E-state index in [0.29, 0.717) is 12.0 Å². The Labute approximate surface area is 120 Å². The highest BCUT2D eigenvalue weighted by Crippen LogP contribution is 2.50. The normalized spacial score (nSPS) is 30.5. The molecule has 0 N–H and O–H groups in total. The molecule has 2 atom stereocenters. The van der Waals surface area contributed by atoms with Gasteiger partial charge >= 0.3 is 0 Å². The molecule has 1 aromatic carbocycles. The number of halogens is 1. The summed E-state index contributed by atoms with van der Waals surface area (Å²) in [6, 6.07) is 9.99. The molecule has 1 heterocycles. The zero-order chi connectivity index (χ0) is 13.1. The van der Waals surface area contributed by atoms with E-state index in [1.807, 2.05) is 30.3 Å². The average molecular weight is 281 g/mol. The van der Waals surface area contributed by atoms with Crippen LogP contribution in [0.2, 0.25) is 0 Å². The third-order valence-corrected chi connectivity index (χ3v) is 4.96. The van der Waals surface area contributed by atoms with Crippen molar-refractivity contribution < 1.29 is 9.47 Å². The maximum atomic E-state index is 6.28. The Morgan fingerprint density at radius 1 is 1.26 bits per heavy atom. The van der Waals surface area contributed by atoms with Crippen LogP contribution in [0.5, 0.6) is 5.75 Å². The molecular weight excluding hydrogens is 260 g/mol. The summed E-state index contributed by atoms with van der Waals surface area (Å²) in [4.78, 5) is 0. The predicted octanol–water partition coefficient (Wildman–Crippen LogP) is 3.88. The molecule has 0 spiro atoms. The van der Waals surface area contributed by atoms with Crippen molar-refractivity contribution >= 4 is 11.6 Å². The molecule has 1 aromatic rings. The van der Waals surface area contributed by atoms with Crippen molar-refractivity contribution in [2.45, 2.75) is 31.8 Å². The van der Waals surface area contributed by atoms with Gasteiger partial charge in [0.1, 0.15) is 5.75 Å². The van der Waals surface area contributed by atoms with Gasteiger partial charge in [0.25, 0.3) is 0 Å². The Hall–Kier alpha value is -0.730. The fourth-order valence-corrected chi connectivity index (χ4v) is 3.53. The summed E-state index contributed by atoms with van der Waals surface area (Å²) in [5, 5.41) is 0. The lowest BCUT2D eigenvalue weighted by Gasteiger charge is -2.32. The highest BCUT2D eigenvalue weighted by atomic mass is 35.5. The van der Waals surface area contributed by atoms with Gasteiger partial charge in [-0.15, -0.1) is 11.6 Å². The second-order valence-corrected chi connectivity index (χ2v) is 6.05. The van der Waals surface area contributed by atoms with Crippen LogP contribution >= 0.6 is 11.6 Å². The molecule has 0 aromatic heterocycles. The number of hydrogen-bond acceptors (Lipinski definition) is 2. The number of para-hydroxylation sites is 1. The smallest absolute Gasteiger partial charge is 0.119 e. The van der Waals surface area contributed by atoms with Gasteiger partial charge in [0.05, 0.1) is 12.7 Å². The van der Waals surface area contributed by atoms with Gasteiger partial charge in [-0.1, -0.05) is 18.2 Å². The van der Waals surface area contributed by atoms with Crippen LogP contribution < -0.4 is 4.74 Å². The van der Waals surface area contributed by atoms with Gasteiger partial charge in [-0.3, -0.25) is 0 Å². The highest BCUT2D eigenvalue weighted by Gasteiger charge is 2.50. The van der Waals surface area contributed by atoms with E-state index in [-0.39, 0.29) is 5.41 Å². The molecule has 0 bridgehead atoms. The van der Waals surface area contributed by atoms with Crippen molar-refractivity contribution in [3.8, 4) is 5.75 Å². The molecule has 0 amide bonds. The maximum absolute atomic E-state index is 6.28. The molecule has 1 aliphatic carbocycles. The first kappa shape index (κ1) is 13.3. The first-order chi connectivity index (χ1) is 9.34. The first-order valence-electron chi connectivity index (χ1n) is 7.19. The third kappa shape index (κ3) is 2.90. The van der Waals surface area contributed by atoms with Gasteiger partial charge in [-0.25, -0.2) is 0 Å². The number of alkyl halides is 1. The molecular formula is C16H21ClO2. The number of ether oxygens (including phenoxy) is 2. The van der Waals surface area contributed by atoms with E-state index in [2.05, 4.69) is 0 Å². The van der Waals surface area contributed by atoms with Gasteiger partial charge in [0.15, 0.2) is 0 Å². The van der Waals surface area contributed by atoms with Crippen LogP contribution in [0.1, 0.15) is 25.7 Å². The molecule has 3 rings (SSSR count).